The number of hydrogen-bond donors (Lipinski definition) is 2. The predicted molar refractivity (Wildman–Crippen MR) is 114 cm³/mol. The van der Waals surface area contributed by atoms with Crippen molar-refractivity contribution in [1.82, 2.24) is 10.3 Å². The Hall–Kier alpha value is -2.60. The second kappa shape index (κ2) is 8.41. The van der Waals surface area contributed by atoms with E-state index in [9.17, 15) is 9.59 Å². The second-order valence-corrected chi connectivity index (χ2v) is 8.72. The molecule has 0 atom stereocenters. The highest BCUT2D eigenvalue weighted by molar-refractivity contribution is 6.33. The zero-order chi connectivity index (χ0) is 21.2. The van der Waals surface area contributed by atoms with E-state index in [1.807, 2.05) is 45.9 Å². The zero-order valence-electron chi connectivity index (χ0n) is 17.1. The Morgan fingerprint density at radius 2 is 1.97 bits per heavy atom. The lowest BCUT2D eigenvalue weighted by Gasteiger charge is -2.20. The highest BCUT2D eigenvalue weighted by Gasteiger charge is 2.29. The highest BCUT2D eigenvalue weighted by atomic mass is 35.5. The summed E-state index contributed by atoms with van der Waals surface area (Å²) in [6.45, 7) is 7.82. The van der Waals surface area contributed by atoms with Crippen LogP contribution in [0, 0.1) is 12.8 Å². The first kappa shape index (κ1) is 21.1. The number of carbonyl (C=O) groups excluding carboxylic acids is 2. The minimum atomic E-state index is -0.534. The number of pyridine rings is 1. The first-order valence-corrected chi connectivity index (χ1v) is 10.0. The number of hydrogen-bond acceptors (Lipinski definition) is 4. The van der Waals surface area contributed by atoms with Gasteiger partial charge in [0.2, 0.25) is 5.91 Å². The molecule has 3 rings (SSSR count). The van der Waals surface area contributed by atoms with Gasteiger partial charge in [0.1, 0.15) is 11.4 Å². The quantitative estimate of drug-likeness (QED) is 0.713. The normalized spacial score (nSPS) is 13.7. The molecule has 2 amide bonds. The number of carbonyl (C=O) groups is 2. The van der Waals surface area contributed by atoms with Crippen molar-refractivity contribution in [2.75, 3.05) is 5.32 Å². The maximum absolute atomic E-state index is 12.0. The van der Waals surface area contributed by atoms with E-state index in [1.165, 1.54) is 0 Å². The summed E-state index contributed by atoms with van der Waals surface area (Å²) in [5.74, 6) is 0.607. The van der Waals surface area contributed by atoms with E-state index in [4.69, 9.17) is 16.3 Å². The molecule has 1 heterocycles. The SMILES string of the molecule is Cc1cc(-c2cc(NC(=O)C3CC3)ncc2Cl)ccc1CNC(=O)OC(C)(C)C. The largest absolute Gasteiger partial charge is 0.444 e. The van der Waals surface area contributed by atoms with E-state index in [0.29, 0.717) is 17.4 Å². The van der Waals surface area contributed by atoms with Gasteiger partial charge < -0.3 is 15.4 Å². The Bertz CT molecular complexity index is 933. The number of amides is 2. The lowest BCUT2D eigenvalue weighted by atomic mass is 10.0. The van der Waals surface area contributed by atoms with Crippen molar-refractivity contribution in [3.8, 4) is 11.1 Å². The molecule has 154 valence electrons. The van der Waals surface area contributed by atoms with Crippen LogP contribution in [0.2, 0.25) is 5.02 Å². The molecule has 29 heavy (non-hydrogen) atoms. The molecular formula is C22H26ClN3O3. The topological polar surface area (TPSA) is 80.3 Å². The first-order chi connectivity index (χ1) is 13.6. The summed E-state index contributed by atoms with van der Waals surface area (Å²) in [6, 6.07) is 7.67. The minimum Gasteiger partial charge on any atom is -0.444 e. The molecular weight excluding hydrogens is 390 g/mol. The van der Waals surface area contributed by atoms with E-state index in [2.05, 4.69) is 15.6 Å². The van der Waals surface area contributed by atoms with Crippen molar-refractivity contribution in [3.63, 3.8) is 0 Å². The summed E-state index contributed by atoms with van der Waals surface area (Å²) in [7, 11) is 0. The number of aryl methyl sites for hydroxylation is 1. The fourth-order valence-electron chi connectivity index (χ4n) is 2.85. The van der Waals surface area contributed by atoms with Crippen molar-refractivity contribution in [2.24, 2.45) is 5.92 Å². The van der Waals surface area contributed by atoms with Crippen molar-refractivity contribution >= 4 is 29.4 Å². The van der Waals surface area contributed by atoms with Gasteiger partial charge in [-0.05, 0) is 63.3 Å². The molecule has 1 aliphatic rings. The lowest BCUT2D eigenvalue weighted by Crippen LogP contribution is -2.32. The van der Waals surface area contributed by atoms with Gasteiger partial charge in [0.25, 0.3) is 0 Å². The minimum absolute atomic E-state index is 0.00511. The van der Waals surface area contributed by atoms with Crippen LogP contribution in [0.5, 0.6) is 0 Å². The Morgan fingerprint density at radius 3 is 2.59 bits per heavy atom. The molecule has 0 unspecified atom stereocenters. The van der Waals surface area contributed by atoms with Gasteiger partial charge in [-0.15, -0.1) is 0 Å². The number of nitrogens with one attached hydrogen (secondary N) is 2. The monoisotopic (exact) mass is 415 g/mol. The van der Waals surface area contributed by atoms with Crippen LogP contribution < -0.4 is 10.6 Å². The Labute approximate surface area is 176 Å². The molecule has 1 aromatic carbocycles. The van der Waals surface area contributed by atoms with Crippen molar-refractivity contribution in [3.05, 3.63) is 46.6 Å². The molecule has 7 heteroatoms. The molecule has 1 aliphatic carbocycles. The number of alkyl carbamates (subject to hydrolysis) is 1. The molecule has 1 fully saturated rings. The number of aromatic nitrogens is 1. The summed E-state index contributed by atoms with van der Waals surface area (Å²) in [4.78, 5) is 28.1. The van der Waals surface area contributed by atoms with Gasteiger partial charge in [-0.3, -0.25) is 4.79 Å². The second-order valence-electron chi connectivity index (χ2n) is 8.31. The van der Waals surface area contributed by atoms with Crippen LogP contribution in [-0.2, 0) is 16.1 Å². The van der Waals surface area contributed by atoms with E-state index < -0.39 is 11.7 Å². The van der Waals surface area contributed by atoms with Crippen LogP contribution in [0.4, 0.5) is 10.6 Å². The molecule has 1 aromatic heterocycles. The zero-order valence-corrected chi connectivity index (χ0v) is 17.9. The maximum Gasteiger partial charge on any atom is 0.407 e. The first-order valence-electron chi connectivity index (χ1n) is 9.65. The lowest BCUT2D eigenvalue weighted by molar-refractivity contribution is -0.117. The summed E-state index contributed by atoms with van der Waals surface area (Å²) >= 11 is 6.35. The van der Waals surface area contributed by atoms with E-state index in [1.54, 1.807) is 12.3 Å². The molecule has 0 bridgehead atoms. The van der Waals surface area contributed by atoms with Crippen molar-refractivity contribution in [2.45, 2.75) is 52.7 Å². The fourth-order valence-corrected chi connectivity index (χ4v) is 3.06. The molecule has 2 N–H and O–H groups in total. The number of ether oxygens (including phenoxy) is 1. The molecule has 0 radical (unpaired) electrons. The third kappa shape index (κ3) is 5.94. The van der Waals surface area contributed by atoms with Gasteiger partial charge in [0, 0.05) is 24.2 Å². The third-order valence-corrected chi connectivity index (χ3v) is 4.83. The maximum atomic E-state index is 12.0. The van der Waals surface area contributed by atoms with E-state index in [0.717, 1.165) is 35.1 Å². The van der Waals surface area contributed by atoms with Crippen molar-refractivity contribution < 1.29 is 14.3 Å². The van der Waals surface area contributed by atoms with Crippen molar-refractivity contribution in [1.29, 1.82) is 0 Å². The van der Waals surface area contributed by atoms with E-state index >= 15 is 0 Å². The standard InChI is InChI=1S/C22H26ClN3O3/c1-13-9-15(7-8-16(13)11-25-21(28)29-22(2,3)4)17-10-19(24-12-18(17)23)26-20(27)14-5-6-14/h7-10,12,14H,5-6,11H2,1-4H3,(H,25,28)(H,24,26,27). The predicted octanol–water partition coefficient (Wildman–Crippen LogP) is 5.08. The molecule has 2 aromatic rings. The third-order valence-electron chi connectivity index (χ3n) is 4.53. The Balaban J connectivity index is 1.72. The van der Waals surface area contributed by atoms with Crippen LogP contribution in [-0.4, -0.2) is 22.6 Å². The fraction of sp³-hybridized carbons (Fsp3) is 0.409. The number of benzene rings is 1. The van der Waals surface area contributed by atoms with Gasteiger partial charge in [0.15, 0.2) is 0 Å². The van der Waals surface area contributed by atoms with Gasteiger partial charge in [0.05, 0.1) is 5.02 Å². The average molecular weight is 416 g/mol. The van der Waals surface area contributed by atoms with E-state index in [-0.39, 0.29) is 11.8 Å². The van der Waals surface area contributed by atoms with Gasteiger partial charge in [-0.25, -0.2) is 9.78 Å². The van der Waals surface area contributed by atoms with Crippen LogP contribution in [0.1, 0.15) is 44.7 Å². The average Bonchev–Trinajstić information content (AvgIpc) is 3.46. The number of halogens is 1. The number of rotatable bonds is 5. The van der Waals surface area contributed by atoms with Crippen LogP contribution >= 0.6 is 11.6 Å². The van der Waals surface area contributed by atoms with Gasteiger partial charge >= 0.3 is 6.09 Å². The molecule has 0 spiro atoms. The summed E-state index contributed by atoms with van der Waals surface area (Å²) in [6.07, 6.45) is 2.97. The Kier molecular flexibility index (Phi) is 6.13. The summed E-state index contributed by atoms with van der Waals surface area (Å²) < 4.78 is 5.27. The highest BCUT2D eigenvalue weighted by Crippen LogP contribution is 2.33. The van der Waals surface area contributed by atoms with Crippen LogP contribution in [0.3, 0.4) is 0 Å². The molecule has 6 nitrogen and oxygen atoms in total. The Morgan fingerprint density at radius 1 is 1.24 bits per heavy atom. The van der Waals surface area contributed by atoms with Crippen LogP contribution in [0.25, 0.3) is 11.1 Å². The summed E-state index contributed by atoms with van der Waals surface area (Å²) in [5, 5.41) is 6.13. The molecule has 0 aliphatic heterocycles. The number of anilines is 1. The summed E-state index contributed by atoms with van der Waals surface area (Å²) in [5.41, 5.74) is 3.16. The molecule has 1 saturated carbocycles. The van der Waals surface area contributed by atoms with Crippen LogP contribution in [0.15, 0.2) is 30.5 Å². The molecule has 0 saturated heterocycles. The number of nitrogens with zero attached hydrogens (tertiary/aromatic N) is 1. The smallest absolute Gasteiger partial charge is 0.407 e. The van der Waals surface area contributed by atoms with Gasteiger partial charge in [-0.1, -0.05) is 29.8 Å². The van der Waals surface area contributed by atoms with Gasteiger partial charge in [-0.2, -0.15) is 0 Å².